The Bertz CT molecular complexity index is 797. The first-order valence-electron chi connectivity index (χ1n) is 7.99. The van der Waals surface area contributed by atoms with E-state index in [0.29, 0.717) is 48.3 Å². The smallest absolute Gasteiger partial charge is 0.321 e. The topological polar surface area (TPSA) is 78.7 Å². The van der Waals surface area contributed by atoms with Crippen LogP contribution in [0.4, 0.5) is 10.5 Å². The molecule has 132 valence electrons. The van der Waals surface area contributed by atoms with Crippen LogP contribution in [0.3, 0.4) is 0 Å². The molecule has 3 rings (SSSR count). The van der Waals surface area contributed by atoms with Gasteiger partial charge in [-0.05, 0) is 31.5 Å². The lowest BCUT2D eigenvalue weighted by Crippen LogP contribution is -2.51. The fraction of sp³-hybridized carbons (Fsp3) is 0.353. The number of anilines is 1. The number of hydrogen-bond donors (Lipinski definition) is 1. The zero-order chi connectivity index (χ0) is 18.0. The third-order valence-corrected chi connectivity index (χ3v) is 4.53. The number of urea groups is 1. The first-order chi connectivity index (χ1) is 11.9. The van der Waals surface area contributed by atoms with Crippen LogP contribution in [0.2, 0.25) is 5.02 Å². The second kappa shape index (κ2) is 7.14. The Labute approximate surface area is 150 Å². The molecule has 3 amide bonds. The number of nitrogens with one attached hydrogen (secondary N) is 1. The predicted octanol–water partition coefficient (Wildman–Crippen LogP) is 2.93. The number of aryl methyl sites for hydroxylation is 2. The molecule has 1 aromatic heterocycles. The third kappa shape index (κ3) is 3.93. The van der Waals surface area contributed by atoms with Gasteiger partial charge < -0.3 is 19.6 Å². The number of hydrogen-bond acceptors (Lipinski definition) is 4. The van der Waals surface area contributed by atoms with Crippen LogP contribution in [-0.4, -0.2) is 53.1 Å². The van der Waals surface area contributed by atoms with Gasteiger partial charge in [-0.1, -0.05) is 22.8 Å². The van der Waals surface area contributed by atoms with E-state index in [0.717, 1.165) is 5.56 Å². The maximum absolute atomic E-state index is 12.4. The first-order valence-corrected chi connectivity index (χ1v) is 8.36. The highest BCUT2D eigenvalue weighted by molar-refractivity contribution is 6.31. The van der Waals surface area contributed by atoms with Crippen LogP contribution < -0.4 is 5.32 Å². The van der Waals surface area contributed by atoms with Crippen molar-refractivity contribution in [1.29, 1.82) is 0 Å². The fourth-order valence-corrected chi connectivity index (χ4v) is 2.80. The number of amides is 3. The Kier molecular flexibility index (Phi) is 4.94. The molecule has 1 aliphatic rings. The van der Waals surface area contributed by atoms with Crippen LogP contribution in [0.15, 0.2) is 28.8 Å². The third-order valence-electron chi connectivity index (χ3n) is 4.12. The van der Waals surface area contributed by atoms with E-state index < -0.39 is 0 Å². The van der Waals surface area contributed by atoms with Crippen LogP contribution >= 0.6 is 11.6 Å². The minimum absolute atomic E-state index is 0.178. The van der Waals surface area contributed by atoms with Gasteiger partial charge in [0.05, 0.1) is 0 Å². The SMILES string of the molecule is Cc1cc(C(=O)N2CCN(C(=O)Nc3ccc(C)c(Cl)c3)CC2)no1. The van der Waals surface area contributed by atoms with Gasteiger partial charge in [-0.25, -0.2) is 4.79 Å². The molecular formula is C17H19ClN4O3. The van der Waals surface area contributed by atoms with Gasteiger partial charge in [0.2, 0.25) is 0 Å². The lowest BCUT2D eigenvalue weighted by Gasteiger charge is -2.34. The Hall–Kier alpha value is -2.54. The van der Waals surface area contributed by atoms with Crippen LogP contribution in [0.25, 0.3) is 0 Å². The van der Waals surface area contributed by atoms with Crippen molar-refractivity contribution in [3.05, 3.63) is 46.3 Å². The summed E-state index contributed by atoms with van der Waals surface area (Å²) in [5.41, 5.74) is 1.90. The van der Waals surface area contributed by atoms with Crippen molar-refractivity contribution < 1.29 is 14.1 Å². The molecule has 0 atom stereocenters. The molecule has 0 aliphatic carbocycles. The van der Waals surface area contributed by atoms with Gasteiger partial charge in [-0.15, -0.1) is 0 Å². The molecule has 8 heteroatoms. The van der Waals surface area contributed by atoms with Gasteiger partial charge in [-0.2, -0.15) is 0 Å². The summed E-state index contributed by atoms with van der Waals surface area (Å²) in [6.45, 7) is 5.45. The summed E-state index contributed by atoms with van der Waals surface area (Å²) in [6.07, 6.45) is 0. The molecule has 1 aromatic carbocycles. The van der Waals surface area contributed by atoms with Crippen molar-refractivity contribution in [3.8, 4) is 0 Å². The van der Waals surface area contributed by atoms with E-state index in [1.807, 2.05) is 19.1 Å². The summed E-state index contributed by atoms with van der Waals surface area (Å²) in [5, 5.41) is 7.18. The molecule has 0 bridgehead atoms. The van der Waals surface area contributed by atoms with E-state index in [1.165, 1.54) is 0 Å². The number of piperazine rings is 1. The molecule has 1 saturated heterocycles. The molecule has 7 nitrogen and oxygen atoms in total. The summed E-state index contributed by atoms with van der Waals surface area (Å²) in [6, 6.07) is 6.80. The maximum Gasteiger partial charge on any atom is 0.321 e. The maximum atomic E-state index is 12.4. The minimum Gasteiger partial charge on any atom is -0.361 e. The van der Waals surface area contributed by atoms with Crippen molar-refractivity contribution in [2.24, 2.45) is 0 Å². The van der Waals surface area contributed by atoms with Crippen LogP contribution in [-0.2, 0) is 0 Å². The molecular weight excluding hydrogens is 344 g/mol. The highest BCUT2D eigenvalue weighted by Crippen LogP contribution is 2.20. The molecule has 2 heterocycles. The summed E-state index contributed by atoms with van der Waals surface area (Å²) >= 11 is 6.07. The predicted molar refractivity (Wildman–Crippen MR) is 93.9 cm³/mol. The number of benzene rings is 1. The molecule has 0 saturated carbocycles. The summed E-state index contributed by atoms with van der Waals surface area (Å²) in [7, 11) is 0. The summed E-state index contributed by atoms with van der Waals surface area (Å²) < 4.78 is 4.94. The second-order valence-electron chi connectivity index (χ2n) is 6.00. The van der Waals surface area contributed by atoms with E-state index in [2.05, 4.69) is 10.5 Å². The van der Waals surface area contributed by atoms with Gasteiger partial charge in [0, 0.05) is 43.0 Å². The number of nitrogens with zero attached hydrogens (tertiary/aromatic N) is 3. The molecule has 25 heavy (non-hydrogen) atoms. The lowest BCUT2D eigenvalue weighted by atomic mass is 10.2. The van der Waals surface area contributed by atoms with Gasteiger partial charge >= 0.3 is 6.03 Å². The molecule has 0 unspecified atom stereocenters. The first kappa shape index (κ1) is 17.3. The standard InChI is InChI=1S/C17H19ClN4O3/c1-11-3-4-13(10-14(11)18)19-17(24)22-7-5-21(6-8-22)16(23)15-9-12(2)25-20-15/h3-4,9-10H,5-8H2,1-2H3,(H,19,24). The number of rotatable bonds is 2. The van der Waals surface area contributed by atoms with Crippen molar-refractivity contribution in [2.45, 2.75) is 13.8 Å². The number of carbonyl (C=O) groups is 2. The molecule has 0 spiro atoms. The second-order valence-corrected chi connectivity index (χ2v) is 6.40. The average Bonchev–Trinajstić information content (AvgIpc) is 3.04. The van der Waals surface area contributed by atoms with E-state index in [9.17, 15) is 9.59 Å². The van der Waals surface area contributed by atoms with Gasteiger partial charge in [-0.3, -0.25) is 4.79 Å². The van der Waals surface area contributed by atoms with Gasteiger partial charge in [0.1, 0.15) is 5.76 Å². The highest BCUT2D eigenvalue weighted by Gasteiger charge is 2.26. The Morgan fingerprint density at radius 3 is 2.40 bits per heavy atom. The number of carbonyl (C=O) groups excluding carboxylic acids is 2. The van der Waals surface area contributed by atoms with Gasteiger partial charge in [0.25, 0.3) is 5.91 Å². The Morgan fingerprint density at radius 2 is 1.80 bits per heavy atom. The Balaban J connectivity index is 1.55. The minimum atomic E-state index is -0.204. The van der Waals surface area contributed by atoms with Crippen LogP contribution in [0, 0.1) is 13.8 Å². The zero-order valence-electron chi connectivity index (χ0n) is 14.1. The normalized spacial score (nSPS) is 14.5. The van der Waals surface area contributed by atoms with E-state index in [4.69, 9.17) is 16.1 Å². The summed E-state index contributed by atoms with van der Waals surface area (Å²) in [4.78, 5) is 28.0. The Morgan fingerprint density at radius 1 is 1.12 bits per heavy atom. The van der Waals surface area contributed by atoms with Crippen molar-refractivity contribution >= 4 is 29.2 Å². The molecule has 1 N–H and O–H groups in total. The number of aromatic nitrogens is 1. The summed E-state index contributed by atoms with van der Waals surface area (Å²) in [5.74, 6) is 0.417. The average molecular weight is 363 g/mol. The van der Waals surface area contributed by atoms with Crippen molar-refractivity contribution in [2.75, 3.05) is 31.5 Å². The molecule has 1 aliphatic heterocycles. The monoisotopic (exact) mass is 362 g/mol. The number of halogens is 1. The zero-order valence-corrected chi connectivity index (χ0v) is 14.8. The largest absolute Gasteiger partial charge is 0.361 e. The highest BCUT2D eigenvalue weighted by atomic mass is 35.5. The fourth-order valence-electron chi connectivity index (χ4n) is 2.61. The van der Waals surface area contributed by atoms with Crippen molar-refractivity contribution in [1.82, 2.24) is 15.0 Å². The van der Waals surface area contributed by atoms with Crippen LogP contribution in [0.1, 0.15) is 21.8 Å². The van der Waals surface area contributed by atoms with E-state index >= 15 is 0 Å². The molecule has 2 aromatic rings. The van der Waals surface area contributed by atoms with Crippen molar-refractivity contribution in [3.63, 3.8) is 0 Å². The van der Waals surface area contributed by atoms with E-state index in [1.54, 1.807) is 28.9 Å². The quantitative estimate of drug-likeness (QED) is 0.890. The molecule has 0 radical (unpaired) electrons. The van der Waals surface area contributed by atoms with Crippen LogP contribution in [0.5, 0.6) is 0 Å². The molecule has 1 fully saturated rings. The van der Waals surface area contributed by atoms with E-state index in [-0.39, 0.29) is 11.9 Å². The lowest BCUT2D eigenvalue weighted by molar-refractivity contribution is 0.0661. The van der Waals surface area contributed by atoms with Gasteiger partial charge in [0.15, 0.2) is 5.69 Å².